The molecular weight excluding hydrogens is 921 g/mol. The number of aromatic nitrogens is 4. The Morgan fingerprint density at radius 1 is 0.984 bits per heavy atom. The van der Waals surface area contributed by atoms with Gasteiger partial charge in [0.05, 0.1) is 25.3 Å². The number of fused-ring (bicyclic) bond motifs is 1. The Balaban J connectivity index is 1.39. The first-order valence-electron chi connectivity index (χ1n) is 19.4. The summed E-state index contributed by atoms with van der Waals surface area (Å²) < 4.78 is 62.9. The molecule has 27 nitrogen and oxygen atoms in total. The number of carbonyl (C=O) groups is 3. The van der Waals surface area contributed by atoms with Gasteiger partial charge in [-0.3, -0.25) is 32.5 Å². The molecule has 0 aliphatic carbocycles. The average molecular weight is 981 g/mol. The number of ether oxygens (including phenoxy) is 1. The Hall–Kier alpha value is -2.72. The molecule has 7 unspecified atom stereocenters. The van der Waals surface area contributed by atoms with Gasteiger partial charge < -0.3 is 66.4 Å². The number of aliphatic hydroxyl groups excluding tert-OH is 2. The second-order valence-electron chi connectivity index (χ2n) is 15.3. The second-order valence-corrected chi connectivity index (χ2v) is 20.6. The van der Waals surface area contributed by atoms with Crippen LogP contribution in [0, 0.1) is 5.41 Å². The number of rotatable bonds is 29. The van der Waals surface area contributed by atoms with Crippen molar-refractivity contribution >= 4 is 69.9 Å². The number of phosphoric ester groups is 3. The van der Waals surface area contributed by atoms with Crippen molar-refractivity contribution in [2.75, 3.05) is 83.8 Å². The van der Waals surface area contributed by atoms with Gasteiger partial charge in [-0.25, -0.2) is 28.6 Å². The Bertz CT molecular complexity index is 1980. The lowest BCUT2D eigenvalue weighted by Crippen LogP contribution is -2.46. The largest absolute Gasteiger partial charge is 0.481 e. The van der Waals surface area contributed by atoms with Crippen molar-refractivity contribution in [3.63, 3.8) is 0 Å². The van der Waals surface area contributed by atoms with Crippen LogP contribution in [0.25, 0.3) is 11.2 Å². The Kier molecular flexibility index (Phi) is 20.9. The molecule has 0 aromatic carbocycles. The standard InChI is InChI=1S/C32H59N10O17P3S/c1-31(2,27(46)30(47)37-12-8-22(43)36-13-15-63-17-23(44)35-11-6-9-34-10-7-14-41(4)5)18-56-62(53,54)59-61(51,52)55-16-21-25(58-60(48,49)50)26(45)32(3,57-21)42-20-40-24-28(33)38-19-39-29(24)42/h19-21,25-27,34,45-46H,6-18H2,1-5H3,(H,35,44)(H,36,43)(H,37,47)(H,51,52)(H,53,54)(H2,33,38,39)(H2,48,49,50). The van der Waals surface area contributed by atoms with Gasteiger partial charge in [-0.15, -0.1) is 0 Å². The van der Waals surface area contributed by atoms with E-state index in [0.717, 1.165) is 49.7 Å². The van der Waals surface area contributed by atoms with Gasteiger partial charge in [0.25, 0.3) is 0 Å². The molecule has 3 amide bonds. The Morgan fingerprint density at radius 3 is 2.33 bits per heavy atom. The van der Waals surface area contributed by atoms with E-state index in [-0.39, 0.29) is 48.2 Å². The fourth-order valence-corrected chi connectivity index (χ4v) is 9.32. The van der Waals surface area contributed by atoms with Gasteiger partial charge in [0, 0.05) is 37.2 Å². The first-order valence-corrected chi connectivity index (χ1v) is 25.1. The van der Waals surface area contributed by atoms with E-state index >= 15 is 0 Å². The topological polar surface area (TPSA) is 391 Å². The van der Waals surface area contributed by atoms with Crippen LogP contribution >= 0.6 is 35.2 Å². The zero-order chi connectivity index (χ0) is 47.2. The maximum atomic E-state index is 12.8. The molecule has 3 rings (SSSR count). The molecule has 1 saturated heterocycles. The van der Waals surface area contributed by atoms with Crippen LogP contribution in [0.1, 0.15) is 40.0 Å². The summed E-state index contributed by atoms with van der Waals surface area (Å²) in [5.41, 5.74) is 2.31. The summed E-state index contributed by atoms with van der Waals surface area (Å²) in [6.45, 7) is 5.08. The van der Waals surface area contributed by atoms with Gasteiger partial charge in [-0.1, -0.05) is 13.8 Å². The summed E-state index contributed by atoms with van der Waals surface area (Å²) in [5.74, 6) is -0.847. The van der Waals surface area contributed by atoms with E-state index in [9.17, 15) is 57.9 Å². The number of thioether (sulfide) groups is 1. The highest BCUT2D eigenvalue weighted by molar-refractivity contribution is 7.99. The molecular formula is C32H59N10O17P3S. The fourth-order valence-electron chi connectivity index (χ4n) is 5.82. The highest BCUT2D eigenvalue weighted by Gasteiger charge is 2.57. The molecule has 63 heavy (non-hydrogen) atoms. The second kappa shape index (κ2) is 24.2. The highest BCUT2D eigenvalue weighted by Crippen LogP contribution is 2.61. The van der Waals surface area contributed by atoms with Gasteiger partial charge in [0.15, 0.2) is 17.2 Å². The molecule has 0 saturated carbocycles. The van der Waals surface area contributed by atoms with Crippen molar-refractivity contribution in [3.05, 3.63) is 12.7 Å². The SMILES string of the molecule is CN(C)CCCNCCCNC(=O)CSCCNC(=O)CCNC(=O)C(O)C(C)(C)COP(=O)(O)OP(=O)(O)OCC1OC(C)(n2cnc3c(N)ncnc32)C(O)C1OP(=O)(O)O. The minimum absolute atomic E-state index is 0.0190. The van der Waals surface area contributed by atoms with E-state index in [1.54, 1.807) is 0 Å². The smallest absolute Gasteiger partial charge is 0.385 e. The third-order valence-corrected chi connectivity index (χ3v) is 13.2. The van der Waals surface area contributed by atoms with E-state index < -0.39 is 84.1 Å². The average Bonchev–Trinajstić information content (AvgIpc) is 3.72. The Labute approximate surface area is 367 Å². The van der Waals surface area contributed by atoms with Crippen LogP contribution < -0.4 is 27.0 Å². The summed E-state index contributed by atoms with van der Waals surface area (Å²) in [6, 6.07) is 0. The minimum Gasteiger partial charge on any atom is -0.385 e. The van der Waals surface area contributed by atoms with E-state index in [1.165, 1.54) is 32.5 Å². The van der Waals surface area contributed by atoms with E-state index in [1.807, 2.05) is 14.1 Å². The lowest BCUT2D eigenvalue weighted by molar-refractivity contribution is -0.137. The van der Waals surface area contributed by atoms with E-state index in [0.29, 0.717) is 12.3 Å². The molecule has 1 aliphatic rings. The summed E-state index contributed by atoms with van der Waals surface area (Å²) >= 11 is 1.34. The van der Waals surface area contributed by atoms with Gasteiger partial charge >= 0.3 is 23.5 Å². The normalized spacial score (nSPS) is 21.8. The van der Waals surface area contributed by atoms with Crippen molar-refractivity contribution in [1.82, 2.24) is 45.7 Å². The monoisotopic (exact) mass is 980 g/mol. The molecule has 2 aromatic rings. The number of anilines is 1. The first-order chi connectivity index (χ1) is 29.3. The number of nitrogens with one attached hydrogen (secondary N) is 4. The number of nitrogen functional groups attached to an aromatic ring is 1. The molecule has 12 N–H and O–H groups in total. The van der Waals surface area contributed by atoms with E-state index in [2.05, 4.69) is 45.4 Å². The molecule has 360 valence electrons. The number of imidazole rings is 1. The van der Waals surface area contributed by atoms with Crippen LogP contribution in [0.4, 0.5) is 5.82 Å². The number of amides is 3. The number of nitrogens with zero attached hydrogens (tertiary/aromatic N) is 5. The number of hydrogen-bond donors (Lipinski definition) is 11. The maximum Gasteiger partial charge on any atom is 0.481 e. The van der Waals surface area contributed by atoms with Crippen LogP contribution in [0.2, 0.25) is 0 Å². The lowest BCUT2D eigenvalue weighted by atomic mass is 9.87. The number of phosphoric acid groups is 3. The number of hydrogen-bond acceptors (Lipinski definition) is 20. The van der Waals surface area contributed by atoms with Crippen LogP contribution in [-0.2, 0) is 56.4 Å². The molecule has 1 aliphatic heterocycles. The molecule has 31 heteroatoms. The minimum atomic E-state index is -5.60. The lowest BCUT2D eigenvalue weighted by Gasteiger charge is -2.30. The van der Waals surface area contributed by atoms with Gasteiger partial charge in [-0.2, -0.15) is 16.1 Å². The van der Waals surface area contributed by atoms with E-state index in [4.69, 9.17) is 24.0 Å². The quantitative estimate of drug-likeness (QED) is 0.0322. The van der Waals surface area contributed by atoms with Gasteiger partial charge in [0.2, 0.25) is 17.7 Å². The highest BCUT2D eigenvalue weighted by atomic mass is 32.2. The number of aliphatic hydroxyl groups is 2. The molecule has 1 fully saturated rings. The molecule has 0 spiro atoms. The summed E-state index contributed by atoms with van der Waals surface area (Å²) in [6.07, 6.45) is -3.64. The van der Waals surface area contributed by atoms with Crippen molar-refractivity contribution in [2.24, 2.45) is 5.41 Å². The van der Waals surface area contributed by atoms with Crippen LogP contribution in [0.5, 0.6) is 0 Å². The van der Waals surface area contributed by atoms with Crippen LogP contribution in [0.15, 0.2) is 12.7 Å². The maximum absolute atomic E-state index is 12.8. The fraction of sp³-hybridized carbons (Fsp3) is 0.750. The molecule has 0 bridgehead atoms. The summed E-state index contributed by atoms with van der Waals surface area (Å²) in [7, 11) is -12.4. The summed E-state index contributed by atoms with van der Waals surface area (Å²) in [4.78, 5) is 90.4. The van der Waals surface area contributed by atoms with Crippen molar-refractivity contribution in [2.45, 2.75) is 70.2 Å². The Morgan fingerprint density at radius 2 is 1.65 bits per heavy atom. The van der Waals surface area contributed by atoms with Crippen molar-refractivity contribution in [3.8, 4) is 0 Å². The third kappa shape index (κ3) is 17.9. The first kappa shape index (κ1) is 54.6. The van der Waals surface area contributed by atoms with Crippen molar-refractivity contribution < 1.29 is 80.5 Å². The molecule has 7 atom stereocenters. The number of nitrogens with two attached hydrogens (primary N) is 1. The number of carbonyl (C=O) groups excluding carboxylic acids is 3. The molecule has 3 heterocycles. The zero-order valence-electron chi connectivity index (χ0n) is 35.4. The predicted octanol–water partition coefficient (Wildman–Crippen LogP) is -1.64. The zero-order valence-corrected chi connectivity index (χ0v) is 38.9. The van der Waals surface area contributed by atoms with Crippen LogP contribution in [0.3, 0.4) is 0 Å². The third-order valence-electron chi connectivity index (χ3n) is 9.18. The van der Waals surface area contributed by atoms with Crippen LogP contribution in [-0.4, -0.2) is 174 Å². The van der Waals surface area contributed by atoms with Crippen molar-refractivity contribution in [1.29, 1.82) is 0 Å². The predicted molar refractivity (Wildman–Crippen MR) is 225 cm³/mol. The summed E-state index contributed by atoms with van der Waals surface area (Å²) in [5, 5.41) is 33.0. The van der Waals surface area contributed by atoms with Gasteiger partial charge in [0.1, 0.15) is 36.3 Å². The molecule has 0 radical (unpaired) electrons. The molecule has 2 aromatic heterocycles. The van der Waals surface area contributed by atoms with Gasteiger partial charge in [-0.05, 0) is 53.5 Å².